The van der Waals surface area contributed by atoms with Gasteiger partial charge in [0.15, 0.2) is 0 Å². The fraction of sp³-hybridized carbons (Fsp3) is 0.562. The summed E-state index contributed by atoms with van der Waals surface area (Å²) < 4.78 is 0. The second-order valence-electron chi connectivity index (χ2n) is 6.33. The molecule has 1 aliphatic heterocycles. The van der Waals surface area contributed by atoms with Crippen molar-refractivity contribution in [2.24, 2.45) is 0 Å². The van der Waals surface area contributed by atoms with Crippen LogP contribution >= 0.6 is 0 Å². The van der Waals surface area contributed by atoms with Gasteiger partial charge in [0.2, 0.25) is 0 Å². The molecule has 0 spiro atoms. The molecule has 1 atom stereocenters. The third-order valence-electron chi connectivity index (χ3n) is 4.12. The number of carboxylic acids is 1. The van der Waals surface area contributed by atoms with Crippen molar-refractivity contribution >= 4 is 5.97 Å². The Labute approximate surface area is 115 Å². The minimum absolute atomic E-state index is 0.168. The molecule has 19 heavy (non-hydrogen) atoms. The van der Waals surface area contributed by atoms with Crippen LogP contribution in [0.1, 0.15) is 43.7 Å². The van der Waals surface area contributed by atoms with Gasteiger partial charge in [0, 0.05) is 12.0 Å². The normalized spacial score (nSPS) is 20.7. The Bertz CT molecular complexity index is 468. The fourth-order valence-corrected chi connectivity index (χ4v) is 2.90. The third kappa shape index (κ3) is 3.35. The van der Waals surface area contributed by atoms with Crippen LogP contribution in [0.4, 0.5) is 0 Å². The van der Waals surface area contributed by atoms with Gasteiger partial charge in [-0.2, -0.15) is 0 Å². The number of benzene rings is 1. The number of rotatable bonds is 4. The molecule has 0 radical (unpaired) electrons. The van der Waals surface area contributed by atoms with Crippen molar-refractivity contribution in [3.63, 3.8) is 0 Å². The van der Waals surface area contributed by atoms with Gasteiger partial charge in [-0.3, -0.25) is 4.79 Å². The number of likely N-dealkylation sites (tertiary alicyclic amines) is 1. The lowest BCUT2D eigenvalue weighted by Crippen LogP contribution is -2.22. The van der Waals surface area contributed by atoms with Crippen molar-refractivity contribution < 1.29 is 9.90 Å². The summed E-state index contributed by atoms with van der Waals surface area (Å²) in [6, 6.07) is 8.48. The quantitative estimate of drug-likeness (QED) is 0.906. The summed E-state index contributed by atoms with van der Waals surface area (Å²) in [4.78, 5) is 13.3. The molecule has 0 amide bonds. The molecule has 1 fully saturated rings. The number of carboxylic acid groups (broad SMARTS) is 1. The average Bonchev–Trinajstić information content (AvgIpc) is 2.74. The number of carbonyl (C=O) groups is 1. The lowest BCUT2D eigenvalue weighted by molar-refractivity contribution is -0.138. The standard InChI is InChI=1S/C16H23NO2/c1-16(2,10-15(18)19)14-6-4-5-12(9-14)13-7-8-17(3)11-13/h4-6,9,13H,7-8,10-11H2,1-3H3,(H,18,19). The predicted molar refractivity (Wildman–Crippen MR) is 76.6 cm³/mol. The van der Waals surface area contributed by atoms with E-state index in [1.54, 1.807) is 0 Å². The smallest absolute Gasteiger partial charge is 0.304 e. The van der Waals surface area contributed by atoms with Crippen molar-refractivity contribution in [2.75, 3.05) is 20.1 Å². The second kappa shape index (κ2) is 5.33. The van der Waals surface area contributed by atoms with E-state index in [2.05, 4.69) is 30.1 Å². The molecular weight excluding hydrogens is 238 g/mol. The highest BCUT2D eigenvalue weighted by Gasteiger charge is 2.26. The van der Waals surface area contributed by atoms with E-state index in [4.69, 9.17) is 5.11 Å². The highest BCUT2D eigenvalue weighted by Crippen LogP contribution is 2.32. The third-order valence-corrected chi connectivity index (χ3v) is 4.12. The lowest BCUT2D eigenvalue weighted by atomic mass is 9.80. The van der Waals surface area contributed by atoms with Gasteiger partial charge in [-0.25, -0.2) is 0 Å². The van der Waals surface area contributed by atoms with Crippen LogP contribution in [-0.2, 0) is 10.2 Å². The van der Waals surface area contributed by atoms with Crippen LogP contribution in [0.3, 0.4) is 0 Å². The number of hydrogen-bond donors (Lipinski definition) is 1. The van der Waals surface area contributed by atoms with Gasteiger partial charge in [0.05, 0.1) is 6.42 Å². The van der Waals surface area contributed by atoms with Gasteiger partial charge in [-0.15, -0.1) is 0 Å². The molecule has 104 valence electrons. The summed E-state index contributed by atoms with van der Waals surface area (Å²) in [5.41, 5.74) is 2.16. The minimum atomic E-state index is -0.740. The van der Waals surface area contributed by atoms with Crippen molar-refractivity contribution in [2.45, 2.75) is 38.0 Å². The zero-order valence-corrected chi connectivity index (χ0v) is 12.0. The van der Waals surface area contributed by atoms with E-state index in [0.717, 1.165) is 18.7 Å². The fourth-order valence-electron chi connectivity index (χ4n) is 2.90. The Morgan fingerprint density at radius 2 is 2.21 bits per heavy atom. The zero-order valence-electron chi connectivity index (χ0n) is 12.0. The first-order valence-electron chi connectivity index (χ1n) is 6.89. The van der Waals surface area contributed by atoms with Crippen LogP contribution in [0.25, 0.3) is 0 Å². The molecule has 3 nitrogen and oxygen atoms in total. The Kier molecular flexibility index (Phi) is 3.95. The Morgan fingerprint density at radius 1 is 1.47 bits per heavy atom. The monoisotopic (exact) mass is 261 g/mol. The SMILES string of the molecule is CN1CCC(c2cccc(C(C)(C)CC(=O)O)c2)C1. The first-order chi connectivity index (χ1) is 8.88. The maximum Gasteiger partial charge on any atom is 0.304 e. The summed E-state index contributed by atoms with van der Waals surface area (Å²) in [6.45, 7) is 6.25. The molecular formula is C16H23NO2. The minimum Gasteiger partial charge on any atom is -0.481 e. The van der Waals surface area contributed by atoms with Crippen LogP contribution in [-0.4, -0.2) is 36.1 Å². The van der Waals surface area contributed by atoms with E-state index in [-0.39, 0.29) is 11.8 Å². The van der Waals surface area contributed by atoms with Crippen LogP contribution in [0.15, 0.2) is 24.3 Å². The summed E-state index contributed by atoms with van der Waals surface area (Å²) >= 11 is 0. The topological polar surface area (TPSA) is 40.5 Å². The van der Waals surface area contributed by atoms with Gasteiger partial charge in [-0.05, 0) is 37.1 Å². The molecule has 3 heteroatoms. The van der Waals surface area contributed by atoms with Crippen LogP contribution in [0.2, 0.25) is 0 Å². The molecule has 1 aromatic rings. The number of hydrogen-bond acceptors (Lipinski definition) is 2. The predicted octanol–water partition coefficient (Wildman–Crippen LogP) is 2.86. The van der Waals surface area contributed by atoms with Crippen LogP contribution in [0.5, 0.6) is 0 Å². The van der Waals surface area contributed by atoms with Crippen molar-refractivity contribution in [1.29, 1.82) is 0 Å². The first kappa shape index (κ1) is 14.1. The highest BCUT2D eigenvalue weighted by molar-refractivity contribution is 5.68. The second-order valence-corrected chi connectivity index (χ2v) is 6.33. The van der Waals surface area contributed by atoms with Gasteiger partial charge in [0.1, 0.15) is 0 Å². The molecule has 1 unspecified atom stereocenters. The first-order valence-corrected chi connectivity index (χ1v) is 6.89. The molecule has 1 saturated heterocycles. The number of nitrogens with zero attached hydrogens (tertiary/aromatic N) is 1. The summed E-state index contributed by atoms with van der Waals surface area (Å²) in [7, 11) is 2.15. The van der Waals surface area contributed by atoms with Gasteiger partial charge >= 0.3 is 5.97 Å². The van der Waals surface area contributed by atoms with E-state index < -0.39 is 5.97 Å². The zero-order chi connectivity index (χ0) is 14.0. The molecule has 1 heterocycles. The van der Waals surface area contributed by atoms with E-state index in [1.807, 2.05) is 19.9 Å². The van der Waals surface area contributed by atoms with Crippen molar-refractivity contribution in [3.05, 3.63) is 35.4 Å². The summed E-state index contributed by atoms with van der Waals surface area (Å²) in [5.74, 6) is -0.151. The van der Waals surface area contributed by atoms with Crippen molar-refractivity contribution in [1.82, 2.24) is 4.90 Å². The van der Waals surface area contributed by atoms with Gasteiger partial charge in [-0.1, -0.05) is 38.1 Å². The summed E-state index contributed by atoms with van der Waals surface area (Å²) in [6.07, 6.45) is 1.36. The summed E-state index contributed by atoms with van der Waals surface area (Å²) in [5, 5.41) is 9.02. The van der Waals surface area contributed by atoms with Crippen molar-refractivity contribution in [3.8, 4) is 0 Å². The number of likely N-dealkylation sites (N-methyl/N-ethyl adjacent to an activating group) is 1. The van der Waals surface area contributed by atoms with E-state index in [1.165, 1.54) is 12.0 Å². The van der Waals surface area contributed by atoms with Crippen LogP contribution in [0, 0.1) is 0 Å². The maximum absolute atomic E-state index is 11.0. The van der Waals surface area contributed by atoms with E-state index in [9.17, 15) is 4.79 Å². The highest BCUT2D eigenvalue weighted by atomic mass is 16.4. The molecule has 1 N–H and O–H groups in total. The van der Waals surface area contributed by atoms with Crippen LogP contribution < -0.4 is 0 Å². The number of aliphatic carboxylic acids is 1. The van der Waals surface area contributed by atoms with Gasteiger partial charge in [0.25, 0.3) is 0 Å². The van der Waals surface area contributed by atoms with E-state index in [0.29, 0.717) is 5.92 Å². The molecule has 0 bridgehead atoms. The molecule has 2 rings (SSSR count). The molecule has 1 aliphatic rings. The Balaban J connectivity index is 2.21. The maximum atomic E-state index is 11.0. The lowest BCUT2D eigenvalue weighted by Gasteiger charge is -2.24. The molecule has 1 aromatic carbocycles. The van der Waals surface area contributed by atoms with Gasteiger partial charge < -0.3 is 10.0 Å². The Hall–Kier alpha value is -1.35. The molecule has 0 saturated carbocycles. The van der Waals surface area contributed by atoms with E-state index >= 15 is 0 Å². The average molecular weight is 261 g/mol. The Morgan fingerprint density at radius 3 is 2.79 bits per heavy atom. The molecule has 0 aromatic heterocycles. The largest absolute Gasteiger partial charge is 0.481 e. The molecule has 0 aliphatic carbocycles.